The van der Waals surface area contributed by atoms with Gasteiger partial charge in [-0.05, 0) is 41.6 Å². The van der Waals surface area contributed by atoms with Crippen LogP contribution in [0.25, 0.3) is 0 Å². The molecule has 0 bridgehead atoms. The number of hydrogen-bond acceptors (Lipinski definition) is 6. The Bertz CT molecular complexity index is 771. The molecule has 1 amide bonds. The van der Waals surface area contributed by atoms with Crippen molar-refractivity contribution >= 4 is 23.2 Å². The van der Waals surface area contributed by atoms with E-state index in [1.165, 1.54) is 12.5 Å². The maximum Gasteiger partial charge on any atom is 0.308 e. The molecule has 1 atom stereocenters. The van der Waals surface area contributed by atoms with Crippen LogP contribution >= 0.6 is 11.3 Å². The van der Waals surface area contributed by atoms with Crippen LogP contribution in [-0.2, 0) is 4.79 Å². The van der Waals surface area contributed by atoms with E-state index in [0.29, 0.717) is 12.1 Å². The number of hydrogen-bond donors (Lipinski definition) is 1. The smallest absolute Gasteiger partial charge is 0.308 e. The average Bonchev–Trinajstić information content (AvgIpc) is 3.17. The lowest BCUT2D eigenvalue weighted by Crippen LogP contribution is -2.48. The predicted octanol–water partition coefficient (Wildman–Crippen LogP) is 2.39. The Morgan fingerprint density at radius 1 is 1.19 bits per heavy atom. The SMILES string of the molecule is CC(=O)Oc1ccccc1C(=O)NCC(c1ccsc1)N1CCN(C)CC1. The van der Waals surface area contributed by atoms with Crippen molar-refractivity contribution in [1.82, 2.24) is 15.1 Å². The summed E-state index contributed by atoms with van der Waals surface area (Å²) in [5.41, 5.74) is 1.59. The van der Waals surface area contributed by atoms with Gasteiger partial charge in [0.1, 0.15) is 5.75 Å². The number of thiophene rings is 1. The summed E-state index contributed by atoms with van der Waals surface area (Å²) in [6, 6.07) is 9.06. The van der Waals surface area contributed by atoms with Gasteiger partial charge in [-0.2, -0.15) is 11.3 Å². The number of nitrogens with zero attached hydrogens (tertiary/aromatic N) is 2. The molecule has 0 aliphatic carbocycles. The molecule has 1 aliphatic rings. The van der Waals surface area contributed by atoms with Crippen molar-refractivity contribution in [3.8, 4) is 5.75 Å². The molecule has 7 heteroatoms. The van der Waals surface area contributed by atoms with E-state index in [2.05, 4.69) is 39.0 Å². The van der Waals surface area contributed by atoms with Crippen LogP contribution in [0.1, 0.15) is 28.9 Å². The number of nitrogens with one attached hydrogen (secondary N) is 1. The van der Waals surface area contributed by atoms with Crippen LogP contribution in [0, 0.1) is 0 Å². The first-order chi connectivity index (χ1) is 13.0. The Balaban J connectivity index is 1.70. The van der Waals surface area contributed by atoms with E-state index in [-0.39, 0.29) is 17.7 Å². The van der Waals surface area contributed by atoms with Gasteiger partial charge in [-0.3, -0.25) is 14.5 Å². The standard InChI is InChI=1S/C20H25N3O3S/c1-15(24)26-19-6-4-3-5-17(19)20(25)21-13-18(16-7-12-27-14-16)23-10-8-22(2)9-11-23/h3-7,12,14,18H,8-11,13H2,1-2H3,(H,21,25). The van der Waals surface area contributed by atoms with E-state index < -0.39 is 5.97 Å². The van der Waals surface area contributed by atoms with E-state index in [1.54, 1.807) is 35.6 Å². The number of amides is 1. The van der Waals surface area contributed by atoms with Gasteiger partial charge < -0.3 is 15.0 Å². The van der Waals surface area contributed by atoms with Crippen LogP contribution in [0.4, 0.5) is 0 Å². The van der Waals surface area contributed by atoms with Gasteiger partial charge in [-0.25, -0.2) is 0 Å². The summed E-state index contributed by atoms with van der Waals surface area (Å²) in [4.78, 5) is 28.7. The lowest BCUT2D eigenvalue weighted by molar-refractivity contribution is -0.131. The molecule has 0 radical (unpaired) electrons. The molecule has 3 rings (SSSR count). The molecule has 1 unspecified atom stereocenters. The number of carbonyl (C=O) groups excluding carboxylic acids is 2. The van der Waals surface area contributed by atoms with Crippen LogP contribution in [0.2, 0.25) is 0 Å². The molecule has 2 aromatic rings. The molecule has 1 aromatic carbocycles. The number of ether oxygens (including phenoxy) is 1. The number of para-hydroxylation sites is 1. The van der Waals surface area contributed by atoms with Crippen LogP contribution in [0.3, 0.4) is 0 Å². The monoisotopic (exact) mass is 387 g/mol. The van der Waals surface area contributed by atoms with Gasteiger partial charge in [0, 0.05) is 39.6 Å². The minimum absolute atomic E-state index is 0.134. The summed E-state index contributed by atoms with van der Waals surface area (Å²) in [6.45, 7) is 5.81. The van der Waals surface area contributed by atoms with Gasteiger partial charge in [0.2, 0.25) is 0 Å². The molecule has 1 aromatic heterocycles. The molecule has 0 saturated carbocycles. The summed E-state index contributed by atoms with van der Waals surface area (Å²) >= 11 is 1.67. The van der Waals surface area contributed by atoms with Gasteiger partial charge in [0.05, 0.1) is 11.6 Å². The molecule has 2 heterocycles. The minimum atomic E-state index is -0.441. The fourth-order valence-electron chi connectivity index (χ4n) is 3.24. The predicted molar refractivity (Wildman–Crippen MR) is 106 cm³/mol. The van der Waals surface area contributed by atoms with Crippen LogP contribution in [0.15, 0.2) is 41.1 Å². The first-order valence-electron chi connectivity index (χ1n) is 9.05. The number of piperazine rings is 1. The average molecular weight is 388 g/mol. The first kappa shape index (κ1) is 19.5. The normalized spacial score (nSPS) is 16.7. The van der Waals surface area contributed by atoms with Gasteiger partial charge in [-0.1, -0.05) is 12.1 Å². The summed E-state index contributed by atoms with van der Waals surface area (Å²) in [5.74, 6) is -0.390. The molecule has 1 saturated heterocycles. The largest absolute Gasteiger partial charge is 0.426 e. The van der Waals surface area contributed by atoms with Crippen LogP contribution < -0.4 is 10.1 Å². The maximum absolute atomic E-state index is 12.7. The Hall–Kier alpha value is -2.22. The number of benzene rings is 1. The fourth-order valence-corrected chi connectivity index (χ4v) is 3.95. The van der Waals surface area contributed by atoms with Gasteiger partial charge in [0.15, 0.2) is 0 Å². The second-order valence-corrected chi connectivity index (χ2v) is 7.49. The Labute approximate surface area is 163 Å². The van der Waals surface area contributed by atoms with Crippen molar-refractivity contribution < 1.29 is 14.3 Å². The summed E-state index contributed by atoms with van der Waals surface area (Å²) in [6.07, 6.45) is 0. The summed E-state index contributed by atoms with van der Waals surface area (Å²) < 4.78 is 5.16. The zero-order valence-electron chi connectivity index (χ0n) is 15.7. The lowest BCUT2D eigenvalue weighted by atomic mass is 10.1. The van der Waals surface area contributed by atoms with E-state index >= 15 is 0 Å². The topological polar surface area (TPSA) is 61.9 Å². The van der Waals surface area contributed by atoms with Crippen molar-refractivity contribution in [2.75, 3.05) is 39.8 Å². The molecule has 6 nitrogen and oxygen atoms in total. The Morgan fingerprint density at radius 3 is 2.59 bits per heavy atom. The lowest BCUT2D eigenvalue weighted by Gasteiger charge is -2.38. The quantitative estimate of drug-likeness (QED) is 0.609. The van der Waals surface area contributed by atoms with Gasteiger partial charge in [-0.15, -0.1) is 0 Å². The zero-order valence-corrected chi connectivity index (χ0v) is 16.5. The molecule has 0 spiro atoms. The van der Waals surface area contributed by atoms with Crippen molar-refractivity contribution in [3.63, 3.8) is 0 Å². The highest BCUT2D eigenvalue weighted by molar-refractivity contribution is 7.07. The molecular formula is C20H25N3O3S. The first-order valence-corrected chi connectivity index (χ1v) is 9.99. The minimum Gasteiger partial charge on any atom is -0.426 e. The second kappa shape index (κ2) is 9.12. The molecule has 27 heavy (non-hydrogen) atoms. The number of likely N-dealkylation sites (N-methyl/N-ethyl adjacent to an activating group) is 1. The third kappa shape index (κ3) is 5.15. The summed E-state index contributed by atoms with van der Waals surface area (Å²) in [5, 5.41) is 7.24. The van der Waals surface area contributed by atoms with E-state index in [0.717, 1.165) is 26.2 Å². The molecule has 1 N–H and O–H groups in total. The third-order valence-electron chi connectivity index (χ3n) is 4.75. The van der Waals surface area contributed by atoms with Crippen molar-refractivity contribution in [3.05, 3.63) is 52.2 Å². The molecule has 144 valence electrons. The number of rotatable bonds is 6. The Morgan fingerprint density at radius 2 is 1.93 bits per heavy atom. The molecule has 1 aliphatic heterocycles. The van der Waals surface area contributed by atoms with E-state index in [9.17, 15) is 9.59 Å². The third-order valence-corrected chi connectivity index (χ3v) is 5.45. The highest BCUT2D eigenvalue weighted by Gasteiger charge is 2.25. The van der Waals surface area contributed by atoms with Gasteiger partial charge in [0.25, 0.3) is 5.91 Å². The van der Waals surface area contributed by atoms with Crippen molar-refractivity contribution in [1.29, 1.82) is 0 Å². The van der Waals surface area contributed by atoms with E-state index in [4.69, 9.17) is 4.74 Å². The highest BCUT2D eigenvalue weighted by Crippen LogP contribution is 2.24. The maximum atomic E-state index is 12.7. The molecular weight excluding hydrogens is 362 g/mol. The van der Waals surface area contributed by atoms with Crippen molar-refractivity contribution in [2.24, 2.45) is 0 Å². The summed E-state index contributed by atoms with van der Waals surface area (Å²) in [7, 11) is 2.13. The molecule has 1 fully saturated rings. The van der Waals surface area contributed by atoms with Crippen LogP contribution in [-0.4, -0.2) is 61.4 Å². The van der Waals surface area contributed by atoms with Crippen LogP contribution in [0.5, 0.6) is 5.75 Å². The van der Waals surface area contributed by atoms with Gasteiger partial charge >= 0.3 is 5.97 Å². The Kier molecular flexibility index (Phi) is 6.60. The van der Waals surface area contributed by atoms with Crippen molar-refractivity contribution in [2.45, 2.75) is 13.0 Å². The van der Waals surface area contributed by atoms with E-state index in [1.807, 2.05) is 0 Å². The number of esters is 1. The second-order valence-electron chi connectivity index (χ2n) is 6.71. The number of carbonyl (C=O) groups is 2. The zero-order chi connectivity index (χ0) is 19.2. The highest BCUT2D eigenvalue weighted by atomic mass is 32.1. The fraction of sp³-hybridized carbons (Fsp3) is 0.400.